The fraction of sp³-hybridized carbons (Fsp3) is 0.231. The van der Waals surface area contributed by atoms with Crippen molar-refractivity contribution in [2.45, 2.75) is 18.5 Å². The molecule has 1 atom stereocenters. The van der Waals surface area contributed by atoms with E-state index in [1.807, 2.05) is 0 Å². The number of ether oxygens (including phenoxy) is 1. The van der Waals surface area contributed by atoms with E-state index in [-0.39, 0.29) is 9.23 Å². The van der Waals surface area contributed by atoms with Gasteiger partial charge in [0.1, 0.15) is 10.1 Å². The van der Waals surface area contributed by atoms with E-state index in [0.717, 1.165) is 23.9 Å². The van der Waals surface area contributed by atoms with E-state index in [1.165, 1.54) is 18.2 Å². The van der Waals surface area contributed by atoms with Gasteiger partial charge in [-0.15, -0.1) is 0 Å². The Labute approximate surface area is 141 Å². The molecule has 1 N–H and O–H groups in total. The molecule has 1 heterocycles. The molecular formula is C13H7F6NO2S2. The summed E-state index contributed by atoms with van der Waals surface area (Å²) in [5.74, 6) is -1.09. The van der Waals surface area contributed by atoms with Gasteiger partial charge in [0.15, 0.2) is 0 Å². The predicted molar refractivity (Wildman–Crippen MR) is 79.3 cm³/mol. The molecule has 1 aromatic carbocycles. The largest absolute Gasteiger partial charge is 0.439 e. The molecule has 3 nitrogen and oxygen atoms in total. The second-order valence-electron chi connectivity index (χ2n) is 4.49. The molecule has 1 fully saturated rings. The number of nitrogens with one attached hydrogen (secondary N) is 1. The molecule has 1 aliphatic rings. The number of rotatable bonds is 4. The minimum absolute atomic E-state index is 0.256. The van der Waals surface area contributed by atoms with Gasteiger partial charge in [0.25, 0.3) is 12.1 Å². The molecule has 1 aliphatic heterocycles. The SMILES string of the molecule is O=C1NC(=S)S/C1=C\c1ccc(OC(F)(F)C(F)C(F)(F)F)cc1. The quantitative estimate of drug-likeness (QED) is 0.481. The Hall–Kier alpha value is -1.75. The van der Waals surface area contributed by atoms with Crippen LogP contribution in [0.5, 0.6) is 5.75 Å². The zero-order chi connectivity index (χ0) is 18.1. The molecule has 1 aromatic rings. The Kier molecular flexibility index (Phi) is 5.14. The zero-order valence-corrected chi connectivity index (χ0v) is 13.0. The van der Waals surface area contributed by atoms with E-state index in [0.29, 0.717) is 5.56 Å². The topological polar surface area (TPSA) is 38.3 Å². The maximum absolute atomic E-state index is 13.1. The summed E-state index contributed by atoms with van der Waals surface area (Å²) in [4.78, 5) is 11.7. The Morgan fingerprint density at radius 2 is 1.75 bits per heavy atom. The molecule has 1 saturated heterocycles. The van der Waals surface area contributed by atoms with Gasteiger partial charge in [-0.05, 0) is 23.8 Å². The van der Waals surface area contributed by atoms with Crippen molar-refractivity contribution in [2.75, 3.05) is 0 Å². The Morgan fingerprint density at radius 3 is 2.21 bits per heavy atom. The fourth-order valence-corrected chi connectivity index (χ4v) is 2.65. The summed E-state index contributed by atoms with van der Waals surface area (Å²) in [7, 11) is 0. The third kappa shape index (κ3) is 4.41. The maximum atomic E-state index is 13.1. The summed E-state index contributed by atoms with van der Waals surface area (Å²) in [6.45, 7) is 0. The van der Waals surface area contributed by atoms with Crippen LogP contribution in [0.3, 0.4) is 0 Å². The minimum Gasteiger partial charge on any atom is -0.430 e. The van der Waals surface area contributed by atoms with E-state index < -0.39 is 30.1 Å². The average Bonchev–Trinajstić information content (AvgIpc) is 2.77. The van der Waals surface area contributed by atoms with Crippen LogP contribution >= 0.6 is 24.0 Å². The van der Waals surface area contributed by atoms with Gasteiger partial charge < -0.3 is 10.1 Å². The second-order valence-corrected chi connectivity index (χ2v) is 6.21. The average molecular weight is 387 g/mol. The van der Waals surface area contributed by atoms with Gasteiger partial charge in [-0.25, -0.2) is 4.39 Å². The first-order valence-corrected chi connectivity index (χ1v) is 7.34. The van der Waals surface area contributed by atoms with E-state index in [1.54, 1.807) is 0 Å². The van der Waals surface area contributed by atoms with Gasteiger partial charge in [0.2, 0.25) is 0 Å². The number of thiocarbonyl (C=S) groups is 1. The molecule has 1 unspecified atom stereocenters. The molecule has 0 aromatic heterocycles. The van der Waals surface area contributed by atoms with Crippen LogP contribution in [0, 0.1) is 0 Å². The third-order valence-corrected chi connectivity index (χ3v) is 3.82. The number of halogens is 6. The monoisotopic (exact) mass is 387 g/mol. The standard InChI is InChI=1S/C13H7F6NO2S2/c14-10(12(15,16)17)13(18,19)22-7-3-1-6(2-4-7)5-8-9(21)20-11(23)24-8/h1-5,10H,(H,20,21,23)/b8-5-. The summed E-state index contributed by atoms with van der Waals surface area (Å²) in [5.41, 5.74) is 0.389. The van der Waals surface area contributed by atoms with Crippen LogP contribution in [0.4, 0.5) is 26.3 Å². The van der Waals surface area contributed by atoms with E-state index in [9.17, 15) is 31.1 Å². The second kappa shape index (κ2) is 6.63. The van der Waals surface area contributed by atoms with Crippen LogP contribution < -0.4 is 10.1 Å². The molecule has 0 bridgehead atoms. The first kappa shape index (κ1) is 18.6. The van der Waals surface area contributed by atoms with Gasteiger partial charge in [-0.2, -0.15) is 22.0 Å². The Balaban J connectivity index is 2.11. The molecule has 0 spiro atoms. The molecular weight excluding hydrogens is 380 g/mol. The number of hydrogen-bond donors (Lipinski definition) is 1. The van der Waals surface area contributed by atoms with Crippen LogP contribution in [0.2, 0.25) is 0 Å². The number of thioether (sulfide) groups is 1. The van der Waals surface area contributed by atoms with Crippen molar-refractivity contribution in [2.24, 2.45) is 0 Å². The summed E-state index contributed by atoms with van der Waals surface area (Å²) in [6, 6.07) is 4.29. The number of alkyl halides is 6. The highest BCUT2D eigenvalue weighted by atomic mass is 32.2. The van der Waals surface area contributed by atoms with Gasteiger partial charge in [0.05, 0.1) is 4.91 Å². The number of benzene rings is 1. The highest BCUT2D eigenvalue weighted by Gasteiger charge is 2.59. The molecule has 1 amide bonds. The molecule has 0 radical (unpaired) electrons. The lowest BCUT2D eigenvalue weighted by Crippen LogP contribution is -2.45. The van der Waals surface area contributed by atoms with Crippen molar-refractivity contribution in [1.82, 2.24) is 5.32 Å². The van der Waals surface area contributed by atoms with Gasteiger partial charge in [0, 0.05) is 0 Å². The third-order valence-electron chi connectivity index (χ3n) is 2.66. The predicted octanol–water partition coefficient (Wildman–Crippen LogP) is 4.05. The normalized spacial score (nSPS) is 18.7. The van der Waals surface area contributed by atoms with Crippen molar-refractivity contribution >= 4 is 40.3 Å². The minimum atomic E-state index is -5.75. The summed E-state index contributed by atoms with van der Waals surface area (Å²) in [6.07, 6.45) is -13.9. The van der Waals surface area contributed by atoms with Crippen LogP contribution in [0.15, 0.2) is 29.2 Å². The lowest BCUT2D eigenvalue weighted by atomic mass is 10.2. The summed E-state index contributed by atoms with van der Waals surface area (Å²) in [5, 5.41) is 2.37. The van der Waals surface area contributed by atoms with E-state index in [4.69, 9.17) is 12.2 Å². The van der Waals surface area contributed by atoms with Gasteiger partial charge in [-0.1, -0.05) is 36.1 Å². The summed E-state index contributed by atoms with van der Waals surface area (Å²) < 4.78 is 79.1. The molecule has 0 saturated carbocycles. The molecule has 11 heteroatoms. The highest BCUT2D eigenvalue weighted by molar-refractivity contribution is 8.26. The van der Waals surface area contributed by atoms with Crippen LogP contribution in [-0.2, 0) is 4.79 Å². The Bertz CT molecular complexity index is 687. The number of carbonyl (C=O) groups is 1. The molecule has 24 heavy (non-hydrogen) atoms. The lowest BCUT2D eigenvalue weighted by Gasteiger charge is -2.23. The van der Waals surface area contributed by atoms with E-state index >= 15 is 0 Å². The maximum Gasteiger partial charge on any atom is 0.439 e. The van der Waals surface area contributed by atoms with Crippen LogP contribution in [0.25, 0.3) is 6.08 Å². The number of carbonyl (C=O) groups excluding carboxylic acids is 1. The molecule has 0 aliphatic carbocycles. The van der Waals surface area contributed by atoms with Crippen molar-refractivity contribution in [1.29, 1.82) is 0 Å². The molecule has 130 valence electrons. The van der Waals surface area contributed by atoms with Crippen molar-refractivity contribution < 1.29 is 35.9 Å². The highest BCUT2D eigenvalue weighted by Crippen LogP contribution is 2.36. The number of amides is 1. The van der Waals surface area contributed by atoms with Crippen LogP contribution in [-0.4, -0.2) is 28.7 Å². The van der Waals surface area contributed by atoms with Crippen molar-refractivity contribution in [3.05, 3.63) is 34.7 Å². The van der Waals surface area contributed by atoms with Gasteiger partial charge >= 0.3 is 12.3 Å². The fourth-order valence-electron chi connectivity index (χ4n) is 1.60. The molecule has 2 rings (SSSR count). The first-order valence-electron chi connectivity index (χ1n) is 6.11. The summed E-state index contributed by atoms with van der Waals surface area (Å²) >= 11 is 5.78. The van der Waals surface area contributed by atoms with Crippen LogP contribution in [0.1, 0.15) is 5.56 Å². The van der Waals surface area contributed by atoms with E-state index in [2.05, 4.69) is 10.1 Å². The smallest absolute Gasteiger partial charge is 0.430 e. The first-order chi connectivity index (χ1) is 11.0. The Morgan fingerprint density at radius 1 is 1.17 bits per heavy atom. The van der Waals surface area contributed by atoms with Crippen molar-refractivity contribution in [3.63, 3.8) is 0 Å². The van der Waals surface area contributed by atoms with Crippen molar-refractivity contribution in [3.8, 4) is 5.75 Å². The zero-order valence-electron chi connectivity index (χ0n) is 11.4. The number of hydrogen-bond acceptors (Lipinski definition) is 4. The lowest BCUT2D eigenvalue weighted by molar-refractivity contribution is -0.304. The van der Waals surface area contributed by atoms with Gasteiger partial charge in [-0.3, -0.25) is 4.79 Å².